The summed E-state index contributed by atoms with van der Waals surface area (Å²) >= 11 is 0. The van der Waals surface area contributed by atoms with Crippen LogP contribution in [0.5, 0.6) is 0 Å². The molecule has 7 heteroatoms. The van der Waals surface area contributed by atoms with E-state index in [1.165, 1.54) is 13.2 Å². The third-order valence-electron chi connectivity index (χ3n) is 5.15. The van der Waals surface area contributed by atoms with Crippen LogP contribution in [0.15, 0.2) is 48.5 Å². The molecular formula is C21H19F3N2O2. The number of fused-ring (bicyclic) bond motifs is 3. The van der Waals surface area contributed by atoms with Crippen molar-refractivity contribution in [2.45, 2.75) is 18.6 Å². The molecule has 3 aromatic rings. The van der Waals surface area contributed by atoms with Gasteiger partial charge in [0.05, 0.1) is 11.6 Å². The van der Waals surface area contributed by atoms with E-state index in [0.29, 0.717) is 18.5 Å². The van der Waals surface area contributed by atoms with E-state index in [2.05, 4.69) is 4.98 Å². The van der Waals surface area contributed by atoms with Crippen LogP contribution in [-0.4, -0.2) is 36.1 Å². The molecule has 0 spiro atoms. The summed E-state index contributed by atoms with van der Waals surface area (Å²) in [5.41, 5.74) is 2.40. The molecule has 1 aliphatic heterocycles. The van der Waals surface area contributed by atoms with Crippen LogP contribution in [0.25, 0.3) is 10.9 Å². The number of aromatic amines is 1. The molecule has 0 saturated carbocycles. The average molecular weight is 388 g/mol. The highest BCUT2D eigenvalue weighted by Crippen LogP contribution is 2.40. The lowest BCUT2D eigenvalue weighted by Gasteiger charge is -2.36. The Bertz CT molecular complexity index is 1030. The van der Waals surface area contributed by atoms with Gasteiger partial charge in [-0.2, -0.15) is 13.2 Å². The van der Waals surface area contributed by atoms with Crippen molar-refractivity contribution in [1.29, 1.82) is 0 Å². The molecule has 0 fully saturated rings. The number of carbonyl (C=O) groups is 1. The van der Waals surface area contributed by atoms with Gasteiger partial charge < -0.3 is 14.6 Å². The number of methoxy groups -OCH3 is 1. The fourth-order valence-electron chi connectivity index (χ4n) is 3.95. The second kappa shape index (κ2) is 6.98. The number of rotatable bonds is 3. The van der Waals surface area contributed by atoms with Gasteiger partial charge in [-0.3, -0.25) is 4.79 Å². The van der Waals surface area contributed by atoms with Crippen LogP contribution in [0.2, 0.25) is 0 Å². The van der Waals surface area contributed by atoms with Gasteiger partial charge in [-0.25, -0.2) is 0 Å². The van der Waals surface area contributed by atoms with Crippen molar-refractivity contribution in [2.75, 3.05) is 20.3 Å². The van der Waals surface area contributed by atoms with Crippen molar-refractivity contribution in [2.24, 2.45) is 0 Å². The van der Waals surface area contributed by atoms with Crippen LogP contribution >= 0.6 is 0 Å². The van der Waals surface area contributed by atoms with Crippen molar-refractivity contribution in [3.63, 3.8) is 0 Å². The summed E-state index contributed by atoms with van der Waals surface area (Å²) in [7, 11) is 1.43. The van der Waals surface area contributed by atoms with E-state index in [9.17, 15) is 18.0 Å². The van der Waals surface area contributed by atoms with E-state index in [1.54, 1.807) is 11.0 Å². The molecule has 0 aliphatic carbocycles. The smallest absolute Gasteiger partial charge is 0.375 e. The summed E-state index contributed by atoms with van der Waals surface area (Å²) in [6, 6.07) is 12.3. The highest BCUT2D eigenvalue weighted by Gasteiger charge is 2.36. The monoisotopic (exact) mass is 388 g/mol. The van der Waals surface area contributed by atoms with Crippen LogP contribution in [0, 0.1) is 0 Å². The summed E-state index contributed by atoms with van der Waals surface area (Å²) in [6.07, 6.45) is -3.82. The van der Waals surface area contributed by atoms with E-state index in [1.807, 2.05) is 24.3 Å². The summed E-state index contributed by atoms with van der Waals surface area (Å²) in [5.74, 6) is -0.255. The summed E-state index contributed by atoms with van der Waals surface area (Å²) in [4.78, 5) is 17.6. The first-order chi connectivity index (χ1) is 13.4. The van der Waals surface area contributed by atoms with Crippen LogP contribution in [0.1, 0.15) is 28.4 Å². The fourth-order valence-corrected chi connectivity index (χ4v) is 3.95. The highest BCUT2D eigenvalue weighted by atomic mass is 19.4. The Morgan fingerprint density at radius 1 is 1.21 bits per heavy atom. The summed E-state index contributed by atoms with van der Waals surface area (Å²) in [6.45, 7) is 0.295. The number of benzene rings is 2. The molecule has 0 unspecified atom stereocenters. The number of H-pyrrole nitrogens is 1. The molecule has 1 aliphatic rings. The predicted molar refractivity (Wildman–Crippen MR) is 98.9 cm³/mol. The molecule has 4 rings (SSSR count). The Hall–Kier alpha value is -2.80. The van der Waals surface area contributed by atoms with Crippen LogP contribution in [0.3, 0.4) is 0 Å². The second-order valence-electron chi connectivity index (χ2n) is 6.86. The first-order valence-electron chi connectivity index (χ1n) is 8.95. The van der Waals surface area contributed by atoms with Crippen molar-refractivity contribution in [3.05, 3.63) is 70.9 Å². The van der Waals surface area contributed by atoms with Gasteiger partial charge in [-0.05, 0) is 35.7 Å². The summed E-state index contributed by atoms with van der Waals surface area (Å²) in [5, 5.41) is 1.04. The van der Waals surface area contributed by atoms with Gasteiger partial charge in [0.2, 0.25) is 5.91 Å². The Balaban J connectivity index is 1.88. The van der Waals surface area contributed by atoms with Gasteiger partial charge in [-0.15, -0.1) is 0 Å². The van der Waals surface area contributed by atoms with Crippen LogP contribution in [0.4, 0.5) is 13.2 Å². The zero-order valence-electron chi connectivity index (χ0n) is 15.2. The van der Waals surface area contributed by atoms with Crippen molar-refractivity contribution in [1.82, 2.24) is 9.88 Å². The van der Waals surface area contributed by atoms with Crippen molar-refractivity contribution < 1.29 is 22.7 Å². The SMILES string of the molecule is COCC(=O)N1CCc2c([nH]c3ccccc23)[C@H]1c1cccc(C(F)(F)F)c1. The number of carbonyl (C=O) groups excluding carboxylic acids is 1. The van der Waals surface area contributed by atoms with Gasteiger partial charge >= 0.3 is 6.18 Å². The van der Waals surface area contributed by atoms with Crippen LogP contribution < -0.4 is 0 Å². The lowest BCUT2D eigenvalue weighted by molar-refractivity contribution is -0.137. The third-order valence-corrected chi connectivity index (χ3v) is 5.15. The minimum atomic E-state index is -4.45. The minimum Gasteiger partial charge on any atom is -0.375 e. The van der Waals surface area contributed by atoms with Crippen molar-refractivity contribution in [3.8, 4) is 0 Å². The number of ether oxygens (including phenoxy) is 1. The van der Waals surface area contributed by atoms with E-state index in [4.69, 9.17) is 4.74 Å². The number of hydrogen-bond donors (Lipinski definition) is 1. The number of alkyl halides is 3. The molecule has 146 valence electrons. The minimum absolute atomic E-state index is 0.120. The zero-order chi connectivity index (χ0) is 19.9. The van der Waals surface area contributed by atoms with Gasteiger partial charge in [-0.1, -0.05) is 30.3 Å². The van der Waals surface area contributed by atoms with E-state index >= 15 is 0 Å². The molecule has 28 heavy (non-hydrogen) atoms. The second-order valence-corrected chi connectivity index (χ2v) is 6.86. The number of amides is 1. The largest absolute Gasteiger partial charge is 0.416 e. The summed E-state index contributed by atoms with van der Waals surface area (Å²) < 4.78 is 44.8. The van der Waals surface area contributed by atoms with Crippen LogP contribution in [-0.2, 0) is 22.1 Å². The Kier molecular flexibility index (Phi) is 4.63. The maximum atomic E-state index is 13.3. The number of nitrogens with zero attached hydrogens (tertiary/aromatic N) is 1. The number of halogens is 3. The first-order valence-corrected chi connectivity index (χ1v) is 8.95. The number of hydrogen-bond acceptors (Lipinski definition) is 2. The van der Waals surface area contributed by atoms with Gasteiger partial charge in [0.1, 0.15) is 6.61 Å². The molecule has 1 amide bonds. The number of nitrogens with one attached hydrogen (secondary N) is 1. The Morgan fingerprint density at radius 2 is 2.00 bits per heavy atom. The molecule has 0 radical (unpaired) electrons. The maximum Gasteiger partial charge on any atom is 0.416 e. The molecular weight excluding hydrogens is 369 g/mol. The number of aromatic nitrogens is 1. The number of para-hydroxylation sites is 1. The zero-order valence-corrected chi connectivity index (χ0v) is 15.2. The van der Waals surface area contributed by atoms with Crippen molar-refractivity contribution >= 4 is 16.8 Å². The van der Waals surface area contributed by atoms with E-state index in [-0.39, 0.29) is 12.5 Å². The molecule has 0 bridgehead atoms. The lowest BCUT2D eigenvalue weighted by Crippen LogP contribution is -2.42. The third kappa shape index (κ3) is 3.16. The maximum absolute atomic E-state index is 13.3. The average Bonchev–Trinajstić information content (AvgIpc) is 3.05. The molecule has 2 heterocycles. The molecule has 1 atom stereocenters. The topological polar surface area (TPSA) is 45.3 Å². The standard InChI is InChI=1S/C21H19F3N2O2/c1-28-12-18(27)26-10-9-16-15-7-2-3-8-17(15)25-19(16)20(26)13-5-4-6-14(11-13)21(22,23)24/h2-8,11,20,25H,9-10,12H2,1H3/t20-/m1/s1. The first kappa shape index (κ1) is 18.6. The quantitative estimate of drug-likeness (QED) is 0.727. The lowest BCUT2D eigenvalue weighted by atomic mass is 9.91. The Morgan fingerprint density at radius 3 is 2.75 bits per heavy atom. The fraction of sp³-hybridized carbons (Fsp3) is 0.286. The predicted octanol–water partition coefficient (Wildman–Crippen LogP) is 4.31. The molecule has 1 aromatic heterocycles. The van der Waals surface area contributed by atoms with Gasteiger partial charge in [0.15, 0.2) is 0 Å². The normalized spacial score (nSPS) is 17.0. The van der Waals surface area contributed by atoms with Gasteiger partial charge in [0, 0.05) is 30.3 Å². The highest BCUT2D eigenvalue weighted by molar-refractivity contribution is 5.86. The molecule has 4 nitrogen and oxygen atoms in total. The molecule has 1 N–H and O–H groups in total. The molecule has 0 saturated heterocycles. The van der Waals surface area contributed by atoms with E-state index < -0.39 is 17.8 Å². The van der Waals surface area contributed by atoms with Gasteiger partial charge in [0.25, 0.3) is 0 Å². The van der Waals surface area contributed by atoms with E-state index in [0.717, 1.165) is 34.3 Å². The Labute approximate surface area is 159 Å². The molecule has 2 aromatic carbocycles.